The van der Waals surface area contributed by atoms with E-state index in [-0.39, 0.29) is 29.7 Å². The van der Waals surface area contributed by atoms with E-state index in [4.69, 9.17) is 4.74 Å². The number of aliphatic imine (C=N–C) groups is 1. The molecule has 1 aromatic heterocycles. The fourth-order valence-electron chi connectivity index (χ4n) is 3.33. The van der Waals surface area contributed by atoms with Crippen molar-refractivity contribution in [2.75, 3.05) is 19.7 Å². The zero-order chi connectivity index (χ0) is 20.6. The molecule has 7 heteroatoms. The van der Waals surface area contributed by atoms with Crippen LogP contribution in [0.2, 0.25) is 0 Å². The van der Waals surface area contributed by atoms with Gasteiger partial charge in [-0.1, -0.05) is 24.3 Å². The highest BCUT2D eigenvalue weighted by atomic mass is 127. The zero-order valence-corrected chi connectivity index (χ0v) is 20.1. The van der Waals surface area contributed by atoms with Gasteiger partial charge in [-0.2, -0.15) is 0 Å². The van der Waals surface area contributed by atoms with E-state index in [0.29, 0.717) is 18.9 Å². The van der Waals surface area contributed by atoms with Gasteiger partial charge in [0.1, 0.15) is 0 Å². The van der Waals surface area contributed by atoms with E-state index < -0.39 is 0 Å². The van der Waals surface area contributed by atoms with Gasteiger partial charge in [0.15, 0.2) is 17.5 Å². The summed E-state index contributed by atoms with van der Waals surface area (Å²) in [5.41, 5.74) is 4.75. The number of guanidine groups is 1. The summed E-state index contributed by atoms with van der Waals surface area (Å²) >= 11 is 0. The summed E-state index contributed by atoms with van der Waals surface area (Å²) in [6, 6.07) is 11.7. The number of nitrogens with one attached hydrogen (secondary N) is 3. The number of fused-ring (bicyclic) bond motifs is 1. The van der Waals surface area contributed by atoms with Gasteiger partial charge in [0.05, 0.1) is 13.2 Å². The molecule has 6 nitrogen and oxygen atoms in total. The fourth-order valence-corrected chi connectivity index (χ4v) is 3.33. The zero-order valence-electron chi connectivity index (χ0n) is 17.8. The van der Waals surface area contributed by atoms with Gasteiger partial charge in [0.25, 0.3) is 0 Å². The third kappa shape index (κ3) is 6.04. The van der Waals surface area contributed by atoms with Crippen molar-refractivity contribution in [1.29, 1.82) is 0 Å². The van der Waals surface area contributed by atoms with E-state index in [1.807, 2.05) is 26.0 Å². The number of phenolic OH excluding ortho intramolecular Hbond substituents is 1. The molecular formula is C23H31IN4O2. The van der Waals surface area contributed by atoms with Crippen molar-refractivity contribution >= 4 is 40.8 Å². The minimum absolute atomic E-state index is 0. The SMILES string of the molecule is CCNC(=NCc1ccc(O)c(OCC)c1)NCCc1c[nH]c2c(C)cccc12.I. The summed E-state index contributed by atoms with van der Waals surface area (Å²) in [5.74, 6) is 1.42. The van der Waals surface area contributed by atoms with Gasteiger partial charge in [-0.3, -0.25) is 0 Å². The molecule has 3 rings (SSSR count). The number of aryl methyl sites for hydroxylation is 1. The number of hydrogen-bond donors (Lipinski definition) is 4. The van der Waals surface area contributed by atoms with Crippen LogP contribution in [0.3, 0.4) is 0 Å². The van der Waals surface area contributed by atoms with Crippen LogP contribution in [0.15, 0.2) is 47.6 Å². The number of aromatic hydroxyl groups is 1. The Hall–Kier alpha value is -2.42. The van der Waals surface area contributed by atoms with Crippen molar-refractivity contribution in [1.82, 2.24) is 15.6 Å². The lowest BCUT2D eigenvalue weighted by molar-refractivity contribution is 0.318. The molecule has 0 spiro atoms. The average molecular weight is 522 g/mol. The second kappa shape index (κ2) is 11.7. The van der Waals surface area contributed by atoms with Crippen molar-refractivity contribution in [2.24, 2.45) is 4.99 Å². The second-order valence-corrected chi connectivity index (χ2v) is 6.92. The first kappa shape index (κ1) is 23.9. The number of para-hydroxylation sites is 1. The van der Waals surface area contributed by atoms with Gasteiger partial charge >= 0.3 is 0 Å². The topological polar surface area (TPSA) is 81.7 Å². The Bertz CT molecular complexity index is 984. The summed E-state index contributed by atoms with van der Waals surface area (Å²) in [5, 5.41) is 17.8. The van der Waals surface area contributed by atoms with Gasteiger partial charge in [-0.05, 0) is 56.0 Å². The van der Waals surface area contributed by atoms with Crippen LogP contribution in [0.1, 0.15) is 30.5 Å². The highest BCUT2D eigenvalue weighted by Gasteiger charge is 2.06. The molecule has 0 amide bonds. The number of rotatable bonds is 8. The van der Waals surface area contributed by atoms with E-state index in [9.17, 15) is 5.11 Å². The van der Waals surface area contributed by atoms with Crippen molar-refractivity contribution in [3.63, 3.8) is 0 Å². The summed E-state index contributed by atoms with van der Waals surface area (Å²) in [7, 11) is 0. The first-order valence-electron chi connectivity index (χ1n) is 10.1. The Labute approximate surface area is 195 Å². The maximum atomic E-state index is 9.84. The van der Waals surface area contributed by atoms with Crippen LogP contribution in [0.5, 0.6) is 11.5 Å². The van der Waals surface area contributed by atoms with E-state index >= 15 is 0 Å². The van der Waals surface area contributed by atoms with Crippen molar-refractivity contribution in [2.45, 2.75) is 33.7 Å². The molecule has 0 bridgehead atoms. The highest BCUT2D eigenvalue weighted by molar-refractivity contribution is 14.0. The lowest BCUT2D eigenvalue weighted by Crippen LogP contribution is -2.38. The number of phenols is 1. The Morgan fingerprint density at radius 2 is 2.00 bits per heavy atom. The summed E-state index contributed by atoms with van der Waals surface area (Å²) < 4.78 is 5.45. The van der Waals surface area contributed by atoms with Gasteiger partial charge in [-0.15, -0.1) is 24.0 Å². The molecule has 0 aliphatic carbocycles. The standard InChI is InChI=1S/C23H30N4O2.HI/c1-4-24-23(27-14-17-9-10-20(28)21(13-17)29-5-2)25-12-11-18-15-26-22-16(3)7-6-8-19(18)22;/h6-10,13,15,26,28H,4-5,11-12,14H2,1-3H3,(H2,24,25,27);1H. The third-order valence-electron chi connectivity index (χ3n) is 4.78. The minimum atomic E-state index is 0. The number of halogens is 1. The molecule has 0 aliphatic heterocycles. The monoisotopic (exact) mass is 522 g/mol. The molecule has 0 fully saturated rings. The first-order chi connectivity index (χ1) is 14.1. The summed E-state index contributed by atoms with van der Waals surface area (Å²) in [4.78, 5) is 8.04. The molecule has 30 heavy (non-hydrogen) atoms. The van der Waals surface area contributed by atoms with Crippen molar-refractivity contribution in [3.05, 3.63) is 59.3 Å². The van der Waals surface area contributed by atoms with Gasteiger partial charge in [0, 0.05) is 30.2 Å². The largest absolute Gasteiger partial charge is 0.504 e. The van der Waals surface area contributed by atoms with Crippen molar-refractivity contribution < 1.29 is 9.84 Å². The van der Waals surface area contributed by atoms with Crippen LogP contribution in [0.4, 0.5) is 0 Å². The molecule has 0 saturated carbocycles. The smallest absolute Gasteiger partial charge is 0.191 e. The number of aromatic amines is 1. The average Bonchev–Trinajstić information content (AvgIpc) is 3.13. The predicted octanol–water partition coefficient (Wildman–Crippen LogP) is 4.50. The van der Waals surface area contributed by atoms with E-state index in [2.05, 4.69) is 51.9 Å². The fraction of sp³-hybridized carbons (Fsp3) is 0.348. The molecule has 0 aliphatic rings. The quantitative estimate of drug-likeness (QED) is 0.200. The molecule has 1 heterocycles. The Balaban J connectivity index is 0.00000320. The molecule has 0 unspecified atom stereocenters. The highest BCUT2D eigenvalue weighted by Crippen LogP contribution is 2.27. The Morgan fingerprint density at radius 3 is 2.77 bits per heavy atom. The summed E-state index contributed by atoms with van der Waals surface area (Å²) in [6.07, 6.45) is 3.00. The van der Waals surface area contributed by atoms with Crippen LogP contribution in [0.25, 0.3) is 10.9 Å². The van der Waals surface area contributed by atoms with Gasteiger partial charge in [-0.25, -0.2) is 4.99 Å². The number of ether oxygens (including phenoxy) is 1. The normalized spacial score (nSPS) is 11.2. The van der Waals surface area contributed by atoms with Crippen LogP contribution >= 0.6 is 24.0 Å². The lowest BCUT2D eigenvalue weighted by Gasteiger charge is -2.12. The van der Waals surface area contributed by atoms with Crippen LogP contribution in [-0.2, 0) is 13.0 Å². The first-order valence-corrected chi connectivity index (χ1v) is 10.1. The van der Waals surface area contributed by atoms with Crippen LogP contribution in [-0.4, -0.2) is 35.7 Å². The number of hydrogen-bond acceptors (Lipinski definition) is 3. The third-order valence-corrected chi connectivity index (χ3v) is 4.78. The van der Waals surface area contributed by atoms with Gasteiger partial charge in [0.2, 0.25) is 0 Å². The van der Waals surface area contributed by atoms with E-state index in [1.165, 1.54) is 22.0 Å². The number of H-pyrrole nitrogens is 1. The molecule has 0 atom stereocenters. The molecule has 0 radical (unpaired) electrons. The minimum Gasteiger partial charge on any atom is -0.504 e. The molecular weight excluding hydrogens is 491 g/mol. The Morgan fingerprint density at radius 1 is 1.17 bits per heavy atom. The van der Waals surface area contributed by atoms with Crippen LogP contribution in [0, 0.1) is 6.92 Å². The molecule has 162 valence electrons. The maximum absolute atomic E-state index is 9.84. The molecule has 3 aromatic rings. The molecule has 0 saturated heterocycles. The number of aromatic nitrogens is 1. The number of benzene rings is 2. The Kier molecular flexibility index (Phi) is 9.29. The second-order valence-electron chi connectivity index (χ2n) is 6.92. The van der Waals surface area contributed by atoms with E-state index in [1.54, 1.807) is 6.07 Å². The predicted molar refractivity (Wildman–Crippen MR) is 134 cm³/mol. The molecule has 2 aromatic carbocycles. The number of nitrogens with zero attached hydrogens (tertiary/aromatic N) is 1. The van der Waals surface area contributed by atoms with Crippen molar-refractivity contribution in [3.8, 4) is 11.5 Å². The van der Waals surface area contributed by atoms with Crippen LogP contribution < -0.4 is 15.4 Å². The maximum Gasteiger partial charge on any atom is 0.191 e. The van der Waals surface area contributed by atoms with Gasteiger partial charge < -0.3 is 25.5 Å². The summed E-state index contributed by atoms with van der Waals surface area (Å²) in [6.45, 7) is 8.65. The van der Waals surface area contributed by atoms with E-state index in [0.717, 1.165) is 31.0 Å². The lowest BCUT2D eigenvalue weighted by atomic mass is 10.1. The molecule has 4 N–H and O–H groups in total.